The summed E-state index contributed by atoms with van der Waals surface area (Å²) in [6.45, 7) is 3.25. The van der Waals surface area contributed by atoms with Crippen LogP contribution in [-0.4, -0.2) is 64.9 Å². The van der Waals surface area contributed by atoms with Gasteiger partial charge in [0.25, 0.3) is 17.9 Å². The molecule has 12 nitrogen and oxygen atoms in total. The van der Waals surface area contributed by atoms with Crippen LogP contribution in [0.1, 0.15) is 38.0 Å². The van der Waals surface area contributed by atoms with Crippen molar-refractivity contribution in [2.45, 2.75) is 39.4 Å². The standard InChI is InChI=1S/C15H14O6.3C2H4O2/c16-8-4-11(18)9-6-13(20)15(21-14(9)5-8)7-1-2-10(17)12(19)3-7;3*1-2(3)4/h1-5,13,15-20H,6H2;3*1H3,(H,3,4)/t13-,15+;;;/m0.../s1. The molecule has 2 aromatic carbocycles. The predicted octanol–water partition coefficient (Wildman–Crippen LogP) is 1.82. The van der Waals surface area contributed by atoms with Crippen LogP contribution >= 0.6 is 0 Å². The molecule has 0 radical (unpaired) electrons. The van der Waals surface area contributed by atoms with Crippen LogP contribution in [0.3, 0.4) is 0 Å². The highest BCUT2D eigenvalue weighted by Crippen LogP contribution is 2.42. The van der Waals surface area contributed by atoms with Crippen LogP contribution in [-0.2, 0) is 20.8 Å². The van der Waals surface area contributed by atoms with Crippen molar-refractivity contribution in [2.75, 3.05) is 0 Å². The molecule has 0 aliphatic carbocycles. The molecular weight excluding hydrogens is 444 g/mol. The molecule has 12 heteroatoms. The first-order chi connectivity index (χ1) is 15.1. The number of ether oxygens (including phenoxy) is 1. The maximum Gasteiger partial charge on any atom is 0.300 e. The Labute approximate surface area is 188 Å². The molecule has 1 heterocycles. The van der Waals surface area contributed by atoms with Crippen LogP contribution in [0.25, 0.3) is 0 Å². The van der Waals surface area contributed by atoms with E-state index in [0.717, 1.165) is 20.8 Å². The Hall–Kier alpha value is -4.19. The lowest BCUT2D eigenvalue weighted by Crippen LogP contribution is -2.30. The van der Waals surface area contributed by atoms with Gasteiger partial charge < -0.3 is 45.6 Å². The number of carboxylic acids is 3. The van der Waals surface area contributed by atoms with Crippen LogP contribution in [0.5, 0.6) is 28.7 Å². The van der Waals surface area contributed by atoms with Crippen molar-refractivity contribution in [3.8, 4) is 28.7 Å². The van der Waals surface area contributed by atoms with Gasteiger partial charge in [-0.25, -0.2) is 0 Å². The van der Waals surface area contributed by atoms with Crippen LogP contribution in [0, 0.1) is 0 Å². The Morgan fingerprint density at radius 3 is 1.73 bits per heavy atom. The molecule has 0 fully saturated rings. The monoisotopic (exact) mass is 470 g/mol. The maximum absolute atomic E-state index is 10.2. The predicted molar refractivity (Wildman–Crippen MR) is 113 cm³/mol. The van der Waals surface area contributed by atoms with Crippen molar-refractivity contribution in [3.63, 3.8) is 0 Å². The summed E-state index contributed by atoms with van der Waals surface area (Å²) in [4.78, 5) is 27.0. The van der Waals surface area contributed by atoms with E-state index >= 15 is 0 Å². The number of aliphatic hydroxyl groups excluding tert-OH is 1. The fraction of sp³-hybridized carbons (Fsp3) is 0.286. The third kappa shape index (κ3) is 11.1. The van der Waals surface area contributed by atoms with Gasteiger partial charge in [-0.3, -0.25) is 14.4 Å². The summed E-state index contributed by atoms with van der Waals surface area (Å²) >= 11 is 0. The Bertz CT molecular complexity index is 929. The van der Waals surface area contributed by atoms with Gasteiger partial charge in [-0.1, -0.05) is 6.07 Å². The van der Waals surface area contributed by atoms with Crippen molar-refractivity contribution in [1.82, 2.24) is 0 Å². The second kappa shape index (κ2) is 13.3. The van der Waals surface area contributed by atoms with Crippen molar-refractivity contribution < 1.29 is 60.0 Å². The van der Waals surface area contributed by atoms with E-state index in [4.69, 9.17) is 34.4 Å². The summed E-state index contributed by atoms with van der Waals surface area (Å²) in [6, 6.07) is 6.67. The molecule has 0 unspecified atom stereocenters. The third-order valence-electron chi connectivity index (χ3n) is 3.51. The summed E-state index contributed by atoms with van der Waals surface area (Å²) in [5, 5.41) is 70.5. The number of carbonyl (C=O) groups is 3. The molecule has 3 rings (SSSR count). The normalized spacial score (nSPS) is 15.4. The second-order valence-corrected chi connectivity index (χ2v) is 6.56. The van der Waals surface area contributed by atoms with Crippen LogP contribution < -0.4 is 4.74 Å². The van der Waals surface area contributed by atoms with Crippen LogP contribution in [0.15, 0.2) is 30.3 Å². The van der Waals surface area contributed by atoms with Gasteiger partial charge in [0.2, 0.25) is 0 Å². The third-order valence-corrected chi connectivity index (χ3v) is 3.51. The molecule has 2 atom stereocenters. The van der Waals surface area contributed by atoms with E-state index in [0.29, 0.717) is 11.1 Å². The Balaban J connectivity index is 0.000000713. The molecule has 0 saturated carbocycles. The molecule has 1 aliphatic rings. The molecule has 2 aromatic rings. The minimum atomic E-state index is -0.933. The second-order valence-electron chi connectivity index (χ2n) is 6.56. The number of carboxylic acid groups (broad SMARTS) is 3. The van der Waals surface area contributed by atoms with E-state index in [9.17, 15) is 25.5 Å². The van der Waals surface area contributed by atoms with E-state index in [1.165, 1.54) is 30.3 Å². The number of aliphatic hydroxyl groups is 1. The van der Waals surface area contributed by atoms with Crippen molar-refractivity contribution >= 4 is 17.9 Å². The minimum Gasteiger partial charge on any atom is -0.508 e. The van der Waals surface area contributed by atoms with Crippen molar-refractivity contribution in [3.05, 3.63) is 41.5 Å². The summed E-state index contributed by atoms with van der Waals surface area (Å²) < 4.78 is 5.62. The molecule has 1 aliphatic heterocycles. The molecule has 8 N–H and O–H groups in total. The zero-order valence-corrected chi connectivity index (χ0v) is 18.0. The van der Waals surface area contributed by atoms with Gasteiger partial charge in [0.1, 0.15) is 23.4 Å². The lowest BCUT2D eigenvalue weighted by atomic mass is 9.94. The molecule has 0 spiro atoms. The number of rotatable bonds is 1. The number of phenolic OH excluding ortho intramolecular Hbond substituents is 4. The topological polar surface area (TPSA) is 222 Å². The summed E-state index contributed by atoms with van der Waals surface area (Å²) in [7, 11) is 0. The van der Waals surface area contributed by atoms with Crippen LogP contribution in [0.4, 0.5) is 0 Å². The fourth-order valence-electron chi connectivity index (χ4n) is 2.47. The summed E-state index contributed by atoms with van der Waals surface area (Å²) in [6.07, 6.45) is -1.56. The average Bonchev–Trinajstić information content (AvgIpc) is 2.63. The highest BCUT2D eigenvalue weighted by molar-refractivity contribution is 5.63. The minimum absolute atomic E-state index is 0.143. The summed E-state index contributed by atoms with van der Waals surface area (Å²) in [5.74, 6) is -3.09. The largest absolute Gasteiger partial charge is 0.508 e. The highest BCUT2D eigenvalue weighted by Gasteiger charge is 2.32. The number of aromatic hydroxyl groups is 4. The van der Waals surface area contributed by atoms with Gasteiger partial charge in [-0.05, 0) is 17.7 Å². The quantitative estimate of drug-likeness (QED) is 0.279. The average molecular weight is 470 g/mol. The highest BCUT2D eigenvalue weighted by atomic mass is 16.5. The zero-order chi connectivity index (χ0) is 25.9. The van der Waals surface area contributed by atoms with E-state index < -0.39 is 30.1 Å². The van der Waals surface area contributed by atoms with Gasteiger partial charge >= 0.3 is 0 Å². The van der Waals surface area contributed by atoms with Gasteiger partial charge in [0.15, 0.2) is 11.5 Å². The van der Waals surface area contributed by atoms with Gasteiger partial charge in [0.05, 0.1) is 6.10 Å². The summed E-state index contributed by atoms with van der Waals surface area (Å²) in [5.41, 5.74) is 0.894. The molecule has 0 bridgehead atoms. The molecule has 182 valence electrons. The van der Waals surface area contributed by atoms with Crippen molar-refractivity contribution in [1.29, 1.82) is 0 Å². The number of hydrogen-bond acceptors (Lipinski definition) is 9. The van der Waals surface area contributed by atoms with E-state index in [-0.39, 0.29) is 35.2 Å². The number of benzene rings is 2. The molecular formula is C21H26O12. The first-order valence-corrected chi connectivity index (χ1v) is 9.15. The Morgan fingerprint density at radius 2 is 1.27 bits per heavy atom. The van der Waals surface area contributed by atoms with Gasteiger partial charge in [0, 0.05) is 44.9 Å². The first-order valence-electron chi connectivity index (χ1n) is 9.15. The van der Waals surface area contributed by atoms with Gasteiger partial charge in [-0.15, -0.1) is 0 Å². The van der Waals surface area contributed by atoms with E-state index in [2.05, 4.69) is 0 Å². The zero-order valence-electron chi connectivity index (χ0n) is 18.0. The van der Waals surface area contributed by atoms with Crippen LogP contribution in [0.2, 0.25) is 0 Å². The molecule has 0 aromatic heterocycles. The Morgan fingerprint density at radius 1 is 0.788 bits per heavy atom. The maximum atomic E-state index is 10.2. The van der Waals surface area contributed by atoms with E-state index in [1.807, 2.05) is 0 Å². The number of fused-ring (bicyclic) bond motifs is 1. The molecule has 33 heavy (non-hydrogen) atoms. The Kier molecular flexibility index (Phi) is 11.6. The molecule has 0 saturated heterocycles. The lowest BCUT2D eigenvalue weighted by molar-refractivity contribution is -0.135. The first kappa shape index (κ1) is 28.8. The SMILES string of the molecule is CC(=O)O.CC(=O)O.CC(=O)O.Oc1cc(O)c2c(c1)O[C@H](c1ccc(O)c(O)c1)[C@@H](O)C2. The number of hydrogen-bond donors (Lipinski definition) is 8. The van der Waals surface area contributed by atoms with Crippen molar-refractivity contribution in [2.24, 2.45) is 0 Å². The van der Waals surface area contributed by atoms with E-state index in [1.54, 1.807) is 0 Å². The molecule has 0 amide bonds. The number of phenols is 4. The fourth-order valence-corrected chi connectivity index (χ4v) is 2.47. The van der Waals surface area contributed by atoms with Gasteiger partial charge in [-0.2, -0.15) is 0 Å². The number of aliphatic carboxylic acids is 3. The lowest BCUT2D eigenvalue weighted by Gasteiger charge is -2.31. The smallest absolute Gasteiger partial charge is 0.300 e.